The van der Waals surface area contributed by atoms with Gasteiger partial charge in [0.15, 0.2) is 0 Å². The Labute approximate surface area is 155 Å². The summed E-state index contributed by atoms with van der Waals surface area (Å²) in [4.78, 5) is 0. The second-order valence-corrected chi connectivity index (χ2v) is 6.29. The number of fused-ring (bicyclic) bond motifs is 2. The van der Waals surface area contributed by atoms with Crippen molar-refractivity contribution in [3.05, 3.63) is 46.5 Å². The zero-order valence-corrected chi connectivity index (χ0v) is 15.8. The Balaban J connectivity index is 2.12. The van der Waals surface area contributed by atoms with Gasteiger partial charge in [0.25, 0.3) is 0 Å². The summed E-state index contributed by atoms with van der Waals surface area (Å²) in [6, 6.07) is 7.83. The number of benzene rings is 2. The van der Waals surface area contributed by atoms with E-state index in [1.165, 1.54) is 0 Å². The van der Waals surface area contributed by atoms with E-state index in [1.807, 2.05) is 38.1 Å². The van der Waals surface area contributed by atoms with E-state index in [2.05, 4.69) is 11.8 Å². The summed E-state index contributed by atoms with van der Waals surface area (Å²) < 4.78 is 22.8. The number of aryl methyl sites for hydroxylation is 2. The highest BCUT2D eigenvalue weighted by atomic mass is 16.5. The van der Waals surface area contributed by atoms with Gasteiger partial charge in [0.05, 0.1) is 38.6 Å². The van der Waals surface area contributed by atoms with Gasteiger partial charge in [0, 0.05) is 0 Å². The van der Waals surface area contributed by atoms with Gasteiger partial charge in [-0.2, -0.15) is 0 Å². The molecule has 0 radical (unpaired) electrons. The maximum Gasteiger partial charge on any atom is 0.135 e. The lowest BCUT2D eigenvalue weighted by atomic mass is 10.1. The van der Waals surface area contributed by atoms with Gasteiger partial charge in [-0.25, -0.2) is 0 Å². The predicted molar refractivity (Wildman–Crippen MR) is 102 cm³/mol. The molecule has 0 unspecified atom stereocenters. The fraction of sp³-hybridized carbons (Fsp3) is 0.364. The van der Waals surface area contributed by atoms with Crippen LogP contribution in [0.3, 0.4) is 0 Å². The highest BCUT2D eigenvalue weighted by Crippen LogP contribution is 2.30. The summed E-state index contributed by atoms with van der Waals surface area (Å²) in [6.45, 7) is 5.28. The molecule has 0 spiro atoms. The maximum atomic E-state index is 5.95. The topological polar surface area (TPSA) is 36.9 Å². The van der Waals surface area contributed by atoms with Crippen LogP contribution in [-0.2, 0) is 0 Å². The molecule has 1 heterocycles. The molecular weight excluding hydrogens is 328 g/mol. The molecule has 0 fully saturated rings. The number of hydrogen-bond acceptors (Lipinski definition) is 4. The molecule has 2 aromatic rings. The SMILES string of the molecule is COc1cc2c(cc1C)OCCCCOc1cc(C)c(OC)cc1C#C2. The molecule has 4 nitrogen and oxygen atoms in total. The van der Waals surface area contributed by atoms with Gasteiger partial charge in [0.2, 0.25) is 0 Å². The van der Waals surface area contributed by atoms with E-state index in [0.717, 1.165) is 58.1 Å². The lowest BCUT2D eigenvalue weighted by Gasteiger charge is -2.15. The average molecular weight is 352 g/mol. The van der Waals surface area contributed by atoms with Crippen LogP contribution < -0.4 is 18.9 Å². The summed E-state index contributed by atoms with van der Waals surface area (Å²) in [5.74, 6) is 9.61. The summed E-state index contributed by atoms with van der Waals surface area (Å²) >= 11 is 0. The van der Waals surface area contributed by atoms with Gasteiger partial charge in [-0.15, -0.1) is 0 Å². The van der Waals surface area contributed by atoms with Crippen molar-refractivity contribution in [3.63, 3.8) is 0 Å². The summed E-state index contributed by atoms with van der Waals surface area (Å²) in [7, 11) is 3.32. The van der Waals surface area contributed by atoms with E-state index in [-0.39, 0.29) is 0 Å². The van der Waals surface area contributed by atoms with Crippen LogP contribution in [0.15, 0.2) is 24.3 Å². The number of hydrogen-bond donors (Lipinski definition) is 0. The average Bonchev–Trinajstić information content (AvgIpc) is 2.63. The monoisotopic (exact) mass is 352 g/mol. The highest BCUT2D eigenvalue weighted by molar-refractivity contribution is 5.59. The van der Waals surface area contributed by atoms with E-state index in [0.29, 0.717) is 13.2 Å². The lowest BCUT2D eigenvalue weighted by molar-refractivity contribution is 0.265. The minimum absolute atomic E-state index is 0.637. The van der Waals surface area contributed by atoms with Crippen molar-refractivity contribution in [2.45, 2.75) is 26.7 Å². The Hall–Kier alpha value is -2.80. The molecule has 2 aromatic carbocycles. The molecule has 0 saturated carbocycles. The Morgan fingerprint density at radius 2 is 1.15 bits per heavy atom. The normalized spacial score (nSPS) is 13.4. The standard InChI is InChI=1S/C22H24O4/c1-15-11-21-17(13-19(15)23-3)7-8-18-14-20(24-4)16(2)12-22(18)26-10-6-5-9-25-21/h11-14H,5-6,9-10H2,1-4H3. The molecular formula is C22H24O4. The van der Waals surface area contributed by atoms with Crippen LogP contribution >= 0.6 is 0 Å². The fourth-order valence-corrected chi connectivity index (χ4v) is 2.90. The van der Waals surface area contributed by atoms with Crippen LogP contribution in [0, 0.1) is 25.7 Å². The summed E-state index contributed by atoms with van der Waals surface area (Å²) in [5, 5.41) is 0. The van der Waals surface area contributed by atoms with Gasteiger partial charge in [0.1, 0.15) is 23.0 Å². The van der Waals surface area contributed by atoms with Crippen molar-refractivity contribution >= 4 is 0 Å². The van der Waals surface area contributed by atoms with Gasteiger partial charge in [-0.05, 0) is 62.1 Å². The first-order chi connectivity index (χ1) is 12.6. The van der Waals surface area contributed by atoms with E-state index in [4.69, 9.17) is 18.9 Å². The molecule has 0 aliphatic carbocycles. The lowest BCUT2D eigenvalue weighted by Crippen LogP contribution is -2.06. The predicted octanol–water partition coefficient (Wildman–Crippen LogP) is 4.27. The molecule has 1 aliphatic heterocycles. The van der Waals surface area contributed by atoms with Crippen LogP contribution in [0.2, 0.25) is 0 Å². The van der Waals surface area contributed by atoms with Crippen molar-refractivity contribution in [2.75, 3.05) is 27.4 Å². The first-order valence-electron chi connectivity index (χ1n) is 8.77. The smallest absolute Gasteiger partial charge is 0.135 e. The third kappa shape index (κ3) is 3.88. The van der Waals surface area contributed by atoms with E-state index in [1.54, 1.807) is 14.2 Å². The zero-order chi connectivity index (χ0) is 18.5. The van der Waals surface area contributed by atoms with Gasteiger partial charge >= 0.3 is 0 Å². The van der Waals surface area contributed by atoms with Gasteiger partial charge in [-0.1, -0.05) is 11.8 Å². The molecule has 26 heavy (non-hydrogen) atoms. The fourth-order valence-electron chi connectivity index (χ4n) is 2.90. The van der Waals surface area contributed by atoms with Crippen LogP contribution in [-0.4, -0.2) is 27.4 Å². The Morgan fingerprint density at radius 3 is 1.54 bits per heavy atom. The van der Waals surface area contributed by atoms with E-state index in [9.17, 15) is 0 Å². The maximum absolute atomic E-state index is 5.95. The van der Waals surface area contributed by atoms with Gasteiger partial charge in [-0.3, -0.25) is 0 Å². The van der Waals surface area contributed by atoms with Crippen molar-refractivity contribution < 1.29 is 18.9 Å². The van der Waals surface area contributed by atoms with Crippen molar-refractivity contribution in [1.82, 2.24) is 0 Å². The molecule has 136 valence electrons. The second-order valence-electron chi connectivity index (χ2n) is 6.29. The first-order valence-corrected chi connectivity index (χ1v) is 8.77. The third-order valence-corrected chi connectivity index (χ3v) is 4.38. The zero-order valence-electron chi connectivity index (χ0n) is 15.8. The molecule has 3 rings (SSSR count). The Morgan fingerprint density at radius 1 is 0.731 bits per heavy atom. The number of methoxy groups -OCH3 is 2. The van der Waals surface area contributed by atoms with Crippen molar-refractivity contribution in [1.29, 1.82) is 0 Å². The van der Waals surface area contributed by atoms with Crippen molar-refractivity contribution in [3.8, 4) is 34.8 Å². The van der Waals surface area contributed by atoms with Crippen LogP contribution in [0.5, 0.6) is 23.0 Å². The van der Waals surface area contributed by atoms with Crippen LogP contribution in [0.4, 0.5) is 0 Å². The molecule has 0 aromatic heterocycles. The molecule has 0 bridgehead atoms. The molecule has 1 aliphatic rings. The molecule has 0 atom stereocenters. The molecule has 0 amide bonds. The Bertz CT molecular complexity index is 789. The number of ether oxygens (including phenoxy) is 4. The van der Waals surface area contributed by atoms with Crippen molar-refractivity contribution in [2.24, 2.45) is 0 Å². The summed E-state index contributed by atoms with van der Waals surface area (Å²) in [5.41, 5.74) is 3.67. The second kappa shape index (κ2) is 8.05. The molecule has 0 N–H and O–H groups in total. The molecule has 0 saturated heterocycles. The van der Waals surface area contributed by atoms with Crippen LogP contribution in [0.1, 0.15) is 35.1 Å². The minimum atomic E-state index is 0.637. The minimum Gasteiger partial charge on any atom is -0.496 e. The number of rotatable bonds is 2. The third-order valence-electron chi connectivity index (χ3n) is 4.38. The van der Waals surface area contributed by atoms with Gasteiger partial charge < -0.3 is 18.9 Å². The Kier molecular flexibility index (Phi) is 5.58. The summed E-state index contributed by atoms with van der Waals surface area (Å²) in [6.07, 6.45) is 1.84. The van der Waals surface area contributed by atoms with E-state index < -0.39 is 0 Å². The largest absolute Gasteiger partial charge is 0.496 e. The highest BCUT2D eigenvalue weighted by Gasteiger charge is 2.11. The van der Waals surface area contributed by atoms with Crippen LogP contribution in [0.25, 0.3) is 0 Å². The quantitative estimate of drug-likeness (QED) is 0.757. The van der Waals surface area contributed by atoms with E-state index >= 15 is 0 Å². The molecule has 4 heteroatoms. The first kappa shape index (κ1) is 18.0.